The summed E-state index contributed by atoms with van der Waals surface area (Å²) < 4.78 is 27.0. The summed E-state index contributed by atoms with van der Waals surface area (Å²) in [5.74, 6) is 0.539. The van der Waals surface area contributed by atoms with Crippen LogP contribution in [-0.4, -0.2) is 31.1 Å². The summed E-state index contributed by atoms with van der Waals surface area (Å²) >= 11 is 1.38. The second-order valence-corrected chi connectivity index (χ2v) is 9.42. The van der Waals surface area contributed by atoms with E-state index < -0.39 is 10.0 Å². The Kier molecular flexibility index (Phi) is 5.69. The fraction of sp³-hybridized carbons (Fsp3) is 0.471. The number of aromatic nitrogens is 2. The van der Waals surface area contributed by atoms with Crippen molar-refractivity contribution in [3.8, 4) is 0 Å². The van der Waals surface area contributed by atoms with Crippen molar-refractivity contribution in [1.29, 1.82) is 0 Å². The van der Waals surface area contributed by atoms with Crippen LogP contribution in [0.3, 0.4) is 0 Å². The van der Waals surface area contributed by atoms with E-state index in [0.717, 1.165) is 23.4 Å². The van der Waals surface area contributed by atoms with Crippen LogP contribution in [0.15, 0.2) is 29.2 Å². The van der Waals surface area contributed by atoms with Gasteiger partial charge in [-0.05, 0) is 36.5 Å². The third-order valence-corrected chi connectivity index (χ3v) is 6.59. The summed E-state index contributed by atoms with van der Waals surface area (Å²) in [6, 6.07) is 6.77. The van der Waals surface area contributed by atoms with Gasteiger partial charge in [-0.3, -0.25) is 4.79 Å². The molecular weight excluding hydrogens is 372 g/mol. The molecule has 1 saturated carbocycles. The minimum Gasteiger partial charge on any atom is -0.300 e. The van der Waals surface area contributed by atoms with Crippen LogP contribution >= 0.6 is 11.3 Å². The average Bonchev–Trinajstić information content (AvgIpc) is 3.35. The Labute approximate surface area is 157 Å². The first-order valence-corrected chi connectivity index (χ1v) is 10.9. The standard InChI is InChI=1S/C17H22N4O3S2/c1-11(2)12-5-7-14(8-6-12)26(23,24)18-10-9-15(22)19-17-21-20-16(25-17)13-3-4-13/h5-8,11,13,18H,3-4,9-10H2,1-2H3,(H,19,21,22). The molecule has 7 nitrogen and oxygen atoms in total. The lowest BCUT2D eigenvalue weighted by Gasteiger charge is -2.09. The van der Waals surface area contributed by atoms with Gasteiger partial charge >= 0.3 is 0 Å². The minimum atomic E-state index is -3.63. The predicted octanol–water partition coefficient (Wildman–Crippen LogP) is 2.85. The normalized spacial score (nSPS) is 14.6. The maximum Gasteiger partial charge on any atom is 0.240 e. The number of amides is 1. The number of benzene rings is 1. The summed E-state index contributed by atoms with van der Waals surface area (Å²) in [6.07, 6.45) is 2.28. The van der Waals surface area contributed by atoms with E-state index in [1.165, 1.54) is 11.3 Å². The van der Waals surface area contributed by atoms with E-state index in [1.54, 1.807) is 24.3 Å². The molecule has 0 unspecified atom stereocenters. The Morgan fingerprint density at radius 1 is 1.23 bits per heavy atom. The molecule has 26 heavy (non-hydrogen) atoms. The Balaban J connectivity index is 1.48. The van der Waals surface area contributed by atoms with E-state index in [9.17, 15) is 13.2 Å². The smallest absolute Gasteiger partial charge is 0.240 e. The van der Waals surface area contributed by atoms with E-state index in [0.29, 0.717) is 17.0 Å². The van der Waals surface area contributed by atoms with Crippen molar-refractivity contribution in [2.24, 2.45) is 0 Å². The molecule has 1 aromatic heterocycles. The lowest BCUT2D eigenvalue weighted by molar-refractivity contribution is -0.116. The van der Waals surface area contributed by atoms with Gasteiger partial charge in [0, 0.05) is 18.9 Å². The average molecular weight is 395 g/mol. The van der Waals surface area contributed by atoms with Gasteiger partial charge in [0.1, 0.15) is 5.01 Å². The molecule has 0 aliphatic heterocycles. The van der Waals surface area contributed by atoms with Crippen LogP contribution in [0.1, 0.15) is 55.5 Å². The zero-order valence-electron chi connectivity index (χ0n) is 14.7. The second-order valence-electron chi connectivity index (χ2n) is 6.64. The van der Waals surface area contributed by atoms with Crippen molar-refractivity contribution < 1.29 is 13.2 Å². The number of carbonyl (C=O) groups excluding carboxylic acids is 1. The van der Waals surface area contributed by atoms with Gasteiger partial charge in [-0.25, -0.2) is 13.1 Å². The number of anilines is 1. The van der Waals surface area contributed by atoms with Gasteiger partial charge in [-0.1, -0.05) is 37.3 Å². The molecule has 0 radical (unpaired) electrons. The minimum absolute atomic E-state index is 0.0222. The molecule has 1 heterocycles. The van der Waals surface area contributed by atoms with Crippen molar-refractivity contribution in [3.63, 3.8) is 0 Å². The zero-order chi connectivity index (χ0) is 18.7. The molecule has 0 bridgehead atoms. The summed E-state index contributed by atoms with van der Waals surface area (Å²) in [4.78, 5) is 12.1. The fourth-order valence-corrected chi connectivity index (χ4v) is 4.34. The highest BCUT2D eigenvalue weighted by Crippen LogP contribution is 2.42. The molecule has 1 fully saturated rings. The molecule has 1 aliphatic rings. The van der Waals surface area contributed by atoms with Gasteiger partial charge in [-0.2, -0.15) is 0 Å². The van der Waals surface area contributed by atoms with E-state index >= 15 is 0 Å². The molecular formula is C17H22N4O3S2. The van der Waals surface area contributed by atoms with Crippen molar-refractivity contribution in [3.05, 3.63) is 34.8 Å². The zero-order valence-corrected chi connectivity index (χ0v) is 16.4. The van der Waals surface area contributed by atoms with Crippen molar-refractivity contribution in [1.82, 2.24) is 14.9 Å². The number of carbonyl (C=O) groups is 1. The van der Waals surface area contributed by atoms with Crippen LogP contribution < -0.4 is 10.0 Å². The van der Waals surface area contributed by atoms with E-state index in [4.69, 9.17) is 0 Å². The van der Waals surface area contributed by atoms with Gasteiger partial charge in [0.2, 0.25) is 21.1 Å². The van der Waals surface area contributed by atoms with Crippen LogP contribution in [-0.2, 0) is 14.8 Å². The molecule has 0 atom stereocenters. The monoisotopic (exact) mass is 394 g/mol. The number of sulfonamides is 1. The maximum absolute atomic E-state index is 12.3. The maximum atomic E-state index is 12.3. The van der Waals surface area contributed by atoms with Crippen LogP contribution in [0.4, 0.5) is 5.13 Å². The van der Waals surface area contributed by atoms with Crippen LogP contribution in [0.25, 0.3) is 0 Å². The summed E-state index contributed by atoms with van der Waals surface area (Å²) in [5, 5.41) is 12.1. The Hall–Kier alpha value is -1.84. The molecule has 2 N–H and O–H groups in total. The number of nitrogens with one attached hydrogen (secondary N) is 2. The number of nitrogens with zero attached hydrogens (tertiary/aromatic N) is 2. The molecule has 1 aromatic carbocycles. The molecule has 0 saturated heterocycles. The van der Waals surface area contributed by atoms with Gasteiger partial charge in [0.25, 0.3) is 0 Å². The first-order valence-electron chi connectivity index (χ1n) is 8.58. The molecule has 1 amide bonds. The highest BCUT2D eigenvalue weighted by atomic mass is 32.2. The van der Waals surface area contributed by atoms with Crippen LogP contribution in [0.2, 0.25) is 0 Å². The first-order chi connectivity index (χ1) is 12.3. The molecule has 2 aromatic rings. The SMILES string of the molecule is CC(C)c1ccc(S(=O)(=O)NCCC(=O)Nc2nnc(C3CC3)s2)cc1. The van der Waals surface area contributed by atoms with E-state index in [-0.39, 0.29) is 23.8 Å². The number of rotatable bonds is 8. The van der Waals surface area contributed by atoms with Crippen molar-refractivity contribution >= 4 is 32.4 Å². The molecule has 0 spiro atoms. The van der Waals surface area contributed by atoms with Crippen LogP contribution in [0, 0.1) is 0 Å². The largest absolute Gasteiger partial charge is 0.300 e. The summed E-state index contributed by atoms with van der Waals surface area (Å²) in [7, 11) is -3.63. The predicted molar refractivity (Wildman–Crippen MR) is 101 cm³/mol. The molecule has 3 rings (SSSR count). The number of hydrogen-bond acceptors (Lipinski definition) is 6. The van der Waals surface area contributed by atoms with Gasteiger partial charge < -0.3 is 5.32 Å². The molecule has 1 aliphatic carbocycles. The Bertz CT molecular complexity index is 872. The van der Waals surface area contributed by atoms with E-state index in [1.807, 2.05) is 13.8 Å². The Morgan fingerprint density at radius 2 is 1.92 bits per heavy atom. The second kappa shape index (κ2) is 7.81. The lowest BCUT2D eigenvalue weighted by atomic mass is 10.0. The summed E-state index contributed by atoms with van der Waals surface area (Å²) in [6.45, 7) is 4.12. The third kappa shape index (κ3) is 4.87. The van der Waals surface area contributed by atoms with Gasteiger partial charge in [0.15, 0.2) is 0 Å². The number of hydrogen-bond donors (Lipinski definition) is 2. The lowest BCUT2D eigenvalue weighted by Crippen LogP contribution is -2.27. The first kappa shape index (κ1) is 18.9. The highest BCUT2D eigenvalue weighted by molar-refractivity contribution is 7.89. The highest BCUT2D eigenvalue weighted by Gasteiger charge is 2.27. The summed E-state index contributed by atoms with van der Waals surface area (Å²) in [5.41, 5.74) is 1.07. The fourth-order valence-electron chi connectivity index (χ4n) is 2.38. The van der Waals surface area contributed by atoms with Gasteiger partial charge in [0.05, 0.1) is 4.90 Å². The molecule has 9 heteroatoms. The molecule has 140 valence electrons. The topological polar surface area (TPSA) is 101 Å². The quantitative estimate of drug-likeness (QED) is 0.717. The van der Waals surface area contributed by atoms with Crippen molar-refractivity contribution in [2.75, 3.05) is 11.9 Å². The third-order valence-electron chi connectivity index (χ3n) is 4.11. The van der Waals surface area contributed by atoms with E-state index in [2.05, 4.69) is 20.2 Å². The van der Waals surface area contributed by atoms with Crippen LogP contribution in [0.5, 0.6) is 0 Å². The van der Waals surface area contributed by atoms with Crippen molar-refractivity contribution in [2.45, 2.75) is 49.8 Å². The Morgan fingerprint density at radius 3 is 2.54 bits per heavy atom. The van der Waals surface area contributed by atoms with Gasteiger partial charge in [-0.15, -0.1) is 10.2 Å².